The van der Waals surface area contributed by atoms with Crippen molar-refractivity contribution in [1.82, 2.24) is 15.3 Å². The Kier molecular flexibility index (Phi) is 7.67. The lowest BCUT2D eigenvalue weighted by Crippen LogP contribution is -2.42. The van der Waals surface area contributed by atoms with Crippen LogP contribution < -0.4 is 10.6 Å². The second-order valence-electron chi connectivity index (χ2n) is 9.26. The highest BCUT2D eigenvalue weighted by atomic mass is 16.4. The Morgan fingerprint density at radius 2 is 1.68 bits per heavy atom. The van der Waals surface area contributed by atoms with Gasteiger partial charge in [-0.15, -0.1) is 0 Å². The lowest BCUT2D eigenvalue weighted by molar-refractivity contribution is -0.139. The SMILES string of the molecule is Cc1ccnc(NCc2coc(-c3ccc(CC(NC(=O)c4c(C)cc(C)cc4C)C(=O)O)cc3)n2)c1. The van der Waals surface area contributed by atoms with Crippen LogP contribution in [0.15, 0.2) is 65.4 Å². The van der Waals surface area contributed by atoms with Gasteiger partial charge in [-0.05, 0) is 74.2 Å². The van der Waals surface area contributed by atoms with Crippen molar-refractivity contribution in [3.8, 4) is 11.5 Å². The van der Waals surface area contributed by atoms with E-state index in [9.17, 15) is 14.7 Å². The van der Waals surface area contributed by atoms with Gasteiger partial charge in [-0.3, -0.25) is 4.79 Å². The standard InChI is InChI=1S/C29H30N4O4/c1-17-9-10-30-25(13-17)31-15-23-16-37-28(32-23)22-7-5-21(6-8-22)14-24(29(35)36)33-27(34)26-19(3)11-18(2)12-20(26)4/h5-13,16,24H,14-15H2,1-4H3,(H,30,31)(H,33,34)(H,35,36). The minimum Gasteiger partial charge on any atom is -0.480 e. The van der Waals surface area contributed by atoms with E-state index >= 15 is 0 Å². The number of carbonyl (C=O) groups excluding carboxylic acids is 1. The number of amides is 1. The van der Waals surface area contributed by atoms with E-state index in [1.54, 1.807) is 12.5 Å². The van der Waals surface area contributed by atoms with E-state index < -0.39 is 12.0 Å². The topological polar surface area (TPSA) is 117 Å². The first-order valence-electron chi connectivity index (χ1n) is 12.0. The summed E-state index contributed by atoms with van der Waals surface area (Å²) in [4.78, 5) is 33.6. The molecule has 0 spiro atoms. The van der Waals surface area contributed by atoms with Crippen LogP contribution in [0.25, 0.3) is 11.5 Å². The molecule has 8 heteroatoms. The molecule has 2 aromatic heterocycles. The summed E-state index contributed by atoms with van der Waals surface area (Å²) < 4.78 is 5.63. The summed E-state index contributed by atoms with van der Waals surface area (Å²) in [6, 6.07) is 14.0. The summed E-state index contributed by atoms with van der Waals surface area (Å²) in [6.07, 6.45) is 3.49. The number of anilines is 1. The van der Waals surface area contributed by atoms with Crippen LogP contribution in [0.2, 0.25) is 0 Å². The van der Waals surface area contributed by atoms with E-state index in [1.807, 2.05) is 76.2 Å². The third-order valence-corrected chi connectivity index (χ3v) is 6.07. The Bertz CT molecular complexity index is 1400. The molecular weight excluding hydrogens is 468 g/mol. The molecule has 0 aliphatic heterocycles. The molecule has 0 radical (unpaired) electrons. The van der Waals surface area contributed by atoms with E-state index in [0.29, 0.717) is 18.0 Å². The first-order chi connectivity index (χ1) is 17.7. The molecule has 1 unspecified atom stereocenters. The molecule has 1 atom stereocenters. The lowest BCUT2D eigenvalue weighted by atomic mass is 9.98. The molecule has 1 amide bonds. The van der Waals surface area contributed by atoms with Gasteiger partial charge in [0.1, 0.15) is 18.1 Å². The van der Waals surface area contributed by atoms with Gasteiger partial charge < -0.3 is 20.2 Å². The number of hydrogen-bond acceptors (Lipinski definition) is 6. The van der Waals surface area contributed by atoms with Crippen molar-refractivity contribution in [2.75, 3.05) is 5.32 Å². The van der Waals surface area contributed by atoms with Gasteiger partial charge in [0, 0.05) is 23.7 Å². The van der Waals surface area contributed by atoms with E-state index in [1.165, 1.54) is 0 Å². The maximum Gasteiger partial charge on any atom is 0.326 e. The van der Waals surface area contributed by atoms with Crippen LogP contribution in [0.1, 0.15) is 43.9 Å². The number of benzene rings is 2. The van der Waals surface area contributed by atoms with Crippen molar-refractivity contribution in [3.63, 3.8) is 0 Å². The number of hydrogen-bond donors (Lipinski definition) is 3. The average molecular weight is 499 g/mol. The minimum absolute atomic E-state index is 0.148. The molecule has 190 valence electrons. The Labute approximate surface area is 215 Å². The lowest BCUT2D eigenvalue weighted by Gasteiger charge is -2.17. The molecule has 0 aliphatic rings. The molecular formula is C29H30N4O4. The van der Waals surface area contributed by atoms with E-state index in [2.05, 4.69) is 20.6 Å². The van der Waals surface area contributed by atoms with Gasteiger partial charge in [-0.25, -0.2) is 14.8 Å². The van der Waals surface area contributed by atoms with Crippen LogP contribution in [0.4, 0.5) is 5.82 Å². The molecule has 0 bridgehead atoms. The predicted octanol–water partition coefficient (Wildman–Crippen LogP) is 5.01. The smallest absolute Gasteiger partial charge is 0.326 e. The molecule has 2 aromatic carbocycles. The normalized spacial score (nSPS) is 11.7. The number of nitrogens with one attached hydrogen (secondary N) is 2. The number of pyridine rings is 1. The summed E-state index contributed by atoms with van der Waals surface area (Å²) in [7, 11) is 0. The number of carbonyl (C=O) groups is 2. The van der Waals surface area contributed by atoms with Gasteiger partial charge in [-0.1, -0.05) is 29.8 Å². The molecule has 3 N–H and O–H groups in total. The van der Waals surface area contributed by atoms with Crippen molar-refractivity contribution in [2.24, 2.45) is 0 Å². The maximum atomic E-state index is 12.9. The molecule has 2 heterocycles. The molecule has 37 heavy (non-hydrogen) atoms. The summed E-state index contributed by atoms with van der Waals surface area (Å²) in [6.45, 7) is 8.14. The van der Waals surface area contributed by atoms with Crippen molar-refractivity contribution in [2.45, 2.75) is 46.7 Å². The highest BCUT2D eigenvalue weighted by Gasteiger charge is 2.23. The number of aromatic nitrogens is 2. The molecule has 0 saturated heterocycles. The van der Waals surface area contributed by atoms with E-state index in [4.69, 9.17) is 4.42 Å². The third-order valence-electron chi connectivity index (χ3n) is 6.07. The number of oxazole rings is 1. The van der Waals surface area contributed by atoms with Crippen molar-refractivity contribution < 1.29 is 19.1 Å². The first-order valence-corrected chi connectivity index (χ1v) is 12.0. The van der Waals surface area contributed by atoms with Crippen molar-refractivity contribution in [1.29, 1.82) is 0 Å². The Hall–Kier alpha value is -4.46. The molecule has 0 fully saturated rings. The van der Waals surface area contributed by atoms with Crippen molar-refractivity contribution in [3.05, 3.63) is 100 Å². The van der Waals surface area contributed by atoms with Crippen LogP contribution in [0.3, 0.4) is 0 Å². The zero-order chi connectivity index (χ0) is 26.5. The van der Waals surface area contributed by atoms with Crippen LogP contribution in [-0.4, -0.2) is 33.0 Å². The fraction of sp³-hybridized carbons (Fsp3) is 0.241. The predicted molar refractivity (Wildman–Crippen MR) is 141 cm³/mol. The van der Waals surface area contributed by atoms with Crippen molar-refractivity contribution >= 4 is 17.7 Å². The zero-order valence-corrected chi connectivity index (χ0v) is 21.3. The number of aliphatic carboxylic acids is 1. The summed E-state index contributed by atoms with van der Waals surface area (Å²) in [5.41, 5.74) is 6.59. The fourth-order valence-corrected chi connectivity index (χ4v) is 4.32. The van der Waals surface area contributed by atoms with Gasteiger partial charge in [0.25, 0.3) is 5.91 Å². The van der Waals surface area contributed by atoms with Gasteiger partial charge >= 0.3 is 5.97 Å². The Morgan fingerprint density at radius 1 is 0.973 bits per heavy atom. The summed E-state index contributed by atoms with van der Waals surface area (Å²) in [5, 5.41) is 15.6. The largest absolute Gasteiger partial charge is 0.480 e. The Morgan fingerprint density at radius 3 is 2.32 bits per heavy atom. The number of carboxylic acids is 1. The van der Waals surface area contributed by atoms with E-state index in [-0.39, 0.29) is 12.3 Å². The number of carboxylic acid groups (broad SMARTS) is 1. The third kappa shape index (κ3) is 6.41. The number of rotatable bonds is 9. The quantitative estimate of drug-likeness (QED) is 0.297. The monoisotopic (exact) mass is 498 g/mol. The molecule has 0 saturated carbocycles. The second-order valence-corrected chi connectivity index (χ2v) is 9.26. The van der Waals surface area contributed by atoms with Crippen LogP contribution in [0.5, 0.6) is 0 Å². The molecule has 0 aliphatic carbocycles. The summed E-state index contributed by atoms with van der Waals surface area (Å²) >= 11 is 0. The average Bonchev–Trinajstić information content (AvgIpc) is 3.31. The van der Waals surface area contributed by atoms with Crippen LogP contribution in [0, 0.1) is 27.7 Å². The van der Waals surface area contributed by atoms with Crippen LogP contribution >= 0.6 is 0 Å². The zero-order valence-electron chi connectivity index (χ0n) is 21.3. The van der Waals surface area contributed by atoms with Crippen LogP contribution in [-0.2, 0) is 17.8 Å². The first kappa shape index (κ1) is 25.6. The minimum atomic E-state index is -1.09. The van der Waals surface area contributed by atoms with Gasteiger partial charge in [0.2, 0.25) is 5.89 Å². The maximum absolute atomic E-state index is 12.9. The summed E-state index contributed by atoms with van der Waals surface area (Å²) in [5.74, 6) is -0.246. The molecule has 8 nitrogen and oxygen atoms in total. The Balaban J connectivity index is 1.40. The highest BCUT2D eigenvalue weighted by molar-refractivity contribution is 5.99. The molecule has 4 aromatic rings. The fourth-order valence-electron chi connectivity index (χ4n) is 4.32. The highest BCUT2D eigenvalue weighted by Crippen LogP contribution is 2.21. The number of nitrogens with zero attached hydrogens (tertiary/aromatic N) is 2. The van der Waals surface area contributed by atoms with E-state index in [0.717, 1.165) is 44.9 Å². The van der Waals surface area contributed by atoms with Gasteiger partial charge in [0.15, 0.2) is 0 Å². The molecule has 4 rings (SSSR count). The second kappa shape index (κ2) is 11.1. The van der Waals surface area contributed by atoms with Gasteiger partial charge in [0.05, 0.1) is 12.2 Å². The van der Waals surface area contributed by atoms with Gasteiger partial charge in [-0.2, -0.15) is 0 Å². The number of aryl methyl sites for hydroxylation is 4.